The molecule has 0 saturated heterocycles. The Hall–Kier alpha value is -1.20. The maximum Gasteiger partial charge on any atom is 0.504 e. The average molecular weight is 151 g/mol. The molecular weight excluding hydrogens is 147 g/mol. The van der Waals surface area contributed by atoms with E-state index in [-0.39, 0.29) is 5.01 Å². The molecule has 0 spiro atoms. The first-order valence-corrected chi connectivity index (χ1v) is 2.41. The van der Waals surface area contributed by atoms with Gasteiger partial charge in [0.2, 0.25) is 0 Å². The Morgan fingerprint density at radius 3 is 2.40 bits per heavy atom. The van der Waals surface area contributed by atoms with Crippen LogP contribution in [-0.4, -0.2) is 17.6 Å². The summed E-state index contributed by atoms with van der Waals surface area (Å²) in [6, 6.07) is 0. The molecule has 1 N–H and O–H groups in total. The van der Waals surface area contributed by atoms with Crippen LogP contribution in [0.4, 0.5) is 13.2 Å². The van der Waals surface area contributed by atoms with E-state index in [1.54, 1.807) is 0 Å². The highest BCUT2D eigenvalue weighted by molar-refractivity contribution is 5.56. The zero-order valence-corrected chi connectivity index (χ0v) is 4.76. The van der Waals surface area contributed by atoms with Crippen LogP contribution in [0.3, 0.4) is 0 Å². The summed E-state index contributed by atoms with van der Waals surface area (Å²) in [5.74, 6) is 0. The minimum atomic E-state index is -4.41. The molecule has 1 heterocycles. The van der Waals surface area contributed by atoms with Crippen molar-refractivity contribution in [2.24, 2.45) is 4.99 Å². The highest BCUT2D eigenvalue weighted by atomic mass is 19.4. The highest BCUT2D eigenvalue weighted by Crippen LogP contribution is 2.17. The Labute approximate surface area is 54.8 Å². The maximum absolute atomic E-state index is 11.7. The second-order valence-electron chi connectivity index (χ2n) is 1.55. The molecule has 0 atom stereocenters. The summed E-state index contributed by atoms with van der Waals surface area (Å²) in [5.41, 5.74) is 1.94. The molecule has 1 aliphatic rings. The van der Waals surface area contributed by atoms with E-state index in [1.165, 1.54) is 6.20 Å². The van der Waals surface area contributed by atoms with E-state index in [1.807, 2.05) is 5.43 Å². The molecule has 1 aliphatic heterocycles. The van der Waals surface area contributed by atoms with Gasteiger partial charge in [-0.3, -0.25) is 5.43 Å². The van der Waals surface area contributed by atoms with E-state index in [9.17, 15) is 13.2 Å². The summed E-state index contributed by atoms with van der Waals surface area (Å²) >= 11 is 0. The first-order valence-electron chi connectivity index (χ1n) is 2.41. The standard InChI is InChI=1S/C4H4F3N3/c5-4(6,7)10-3-8-1-2-9-10/h1-3,9H. The molecule has 0 fully saturated rings. The average Bonchev–Trinajstić information content (AvgIpc) is 1.88. The van der Waals surface area contributed by atoms with Crippen molar-refractivity contribution in [1.29, 1.82) is 0 Å². The minimum Gasteiger partial charge on any atom is -0.296 e. The third kappa shape index (κ3) is 1.40. The van der Waals surface area contributed by atoms with Crippen LogP contribution in [0.25, 0.3) is 0 Å². The molecule has 6 heteroatoms. The number of alkyl halides is 3. The van der Waals surface area contributed by atoms with Gasteiger partial charge in [0, 0.05) is 12.4 Å². The molecule has 0 unspecified atom stereocenters. The van der Waals surface area contributed by atoms with E-state index in [4.69, 9.17) is 0 Å². The molecule has 0 aliphatic carbocycles. The van der Waals surface area contributed by atoms with E-state index < -0.39 is 6.30 Å². The summed E-state index contributed by atoms with van der Waals surface area (Å²) < 4.78 is 35.0. The molecule has 1 rings (SSSR count). The Morgan fingerprint density at radius 2 is 2.10 bits per heavy atom. The molecule has 0 radical (unpaired) electrons. The normalized spacial score (nSPS) is 17.3. The van der Waals surface area contributed by atoms with Crippen LogP contribution in [0.2, 0.25) is 0 Å². The van der Waals surface area contributed by atoms with Crippen molar-refractivity contribution in [3.8, 4) is 0 Å². The van der Waals surface area contributed by atoms with Gasteiger partial charge in [-0.25, -0.2) is 4.99 Å². The Morgan fingerprint density at radius 1 is 1.40 bits per heavy atom. The van der Waals surface area contributed by atoms with Gasteiger partial charge >= 0.3 is 6.30 Å². The number of hydrogen-bond acceptors (Lipinski definition) is 3. The summed E-state index contributed by atoms with van der Waals surface area (Å²) in [6.45, 7) is 0. The van der Waals surface area contributed by atoms with Crippen LogP contribution in [0.5, 0.6) is 0 Å². The number of rotatable bonds is 0. The van der Waals surface area contributed by atoms with Crippen molar-refractivity contribution >= 4 is 6.34 Å². The lowest BCUT2D eigenvalue weighted by Gasteiger charge is -2.22. The summed E-state index contributed by atoms with van der Waals surface area (Å²) in [7, 11) is 0. The SMILES string of the molecule is FC(F)(F)N1C=NC=CN1. The second kappa shape index (κ2) is 2.20. The number of nitrogens with zero attached hydrogens (tertiary/aromatic N) is 2. The third-order valence-corrected chi connectivity index (χ3v) is 0.830. The molecule has 0 amide bonds. The lowest BCUT2D eigenvalue weighted by molar-refractivity contribution is -0.227. The van der Waals surface area contributed by atoms with Crippen LogP contribution in [-0.2, 0) is 0 Å². The van der Waals surface area contributed by atoms with Crippen molar-refractivity contribution in [1.82, 2.24) is 10.4 Å². The highest BCUT2D eigenvalue weighted by Gasteiger charge is 2.35. The number of aliphatic imine (C=N–C) groups is 1. The van der Waals surface area contributed by atoms with Gasteiger partial charge in [0.25, 0.3) is 0 Å². The van der Waals surface area contributed by atoms with Crippen LogP contribution in [0.1, 0.15) is 0 Å². The molecule has 0 aromatic carbocycles. The fourth-order valence-corrected chi connectivity index (χ4v) is 0.434. The quantitative estimate of drug-likeness (QED) is 0.519. The fraction of sp³-hybridized carbons (Fsp3) is 0.250. The zero-order valence-electron chi connectivity index (χ0n) is 4.76. The summed E-state index contributed by atoms with van der Waals surface area (Å²) in [5, 5.41) is -0.0486. The molecule has 56 valence electrons. The van der Waals surface area contributed by atoms with Crippen molar-refractivity contribution < 1.29 is 13.2 Å². The Balaban J connectivity index is 2.60. The fourth-order valence-electron chi connectivity index (χ4n) is 0.434. The molecule has 3 nitrogen and oxygen atoms in total. The number of hydrogen-bond donors (Lipinski definition) is 1. The first kappa shape index (κ1) is 6.91. The molecule has 0 aromatic heterocycles. The number of halogens is 3. The second-order valence-corrected chi connectivity index (χ2v) is 1.55. The van der Waals surface area contributed by atoms with Crippen LogP contribution in [0, 0.1) is 0 Å². The van der Waals surface area contributed by atoms with Gasteiger partial charge < -0.3 is 0 Å². The van der Waals surface area contributed by atoms with E-state index in [0.717, 1.165) is 6.20 Å². The molecular formula is C4H4F3N3. The molecule has 10 heavy (non-hydrogen) atoms. The van der Waals surface area contributed by atoms with Gasteiger partial charge in [-0.05, 0) is 0 Å². The smallest absolute Gasteiger partial charge is 0.296 e. The predicted octanol–water partition coefficient (Wildman–Crippen LogP) is 0.826. The van der Waals surface area contributed by atoms with Gasteiger partial charge in [-0.15, -0.1) is 13.2 Å². The van der Waals surface area contributed by atoms with E-state index >= 15 is 0 Å². The largest absolute Gasteiger partial charge is 0.504 e. The Kier molecular flexibility index (Phi) is 1.52. The molecule has 0 saturated carbocycles. The van der Waals surface area contributed by atoms with Crippen molar-refractivity contribution in [2.45, 2.75) is 6.30 Å². The monoisotopic (exact) mass is 151 g/mol. The van der Waals surface area contributed by atoms with Crippen LogP contribution >= 0.6 is 0 Å². The van der Waals surface area contributed by atoms with Gasteiger partial charge in [-0.2, -0.15) is 5.01 Å². The number of hydrazine groups is 1. The van der Waals surface area contributed by atoms with Crippen molar-refractivity contribution in [3.05, 3.63) is 12.4 Å². The zero-order chi connectivity index (χ0) is 7.61. The van der Waals surface area contributed by atoms with Gasteiger partial charge in [0.15, 0.2) is 0 Å². The Bertz CT molecular complexity index is 171. The maximum atomic E-state index is 11.7. The minimum absolute atomic E-state index is 0.0486. The molecule has 0 aromatic rings. The van der Waals surface area contributed by atoms with Gasteiger partial charge in [0.05, 0.1) is 0 Å². The van der Waals surface area contributed by atoms with Gasteiger partial charge in [-0.1, -0.05) is 0 Å². The van der Waals surface area contributed by atoms with Crippen molar-refractivity contribution in [2.75, 3.05) is 0 Å². The van der Waals surface area contributed by atoms with Crippen molar-refractivity contribution in [3.63, 3.8) is 0 Å². The van der Waals surface area contributed by atoms with Gasteiger partial charge in [0.1, 0.15) is 6.34 Å². The summed E-state index contributed by atoms with van der Waals surface area (Å²) in [6.07, 6.45) is -1.44. The van der Waals surface area contributed by atoms with E-state index in [0.29, 0.717) is 6.34 Å². The summed E-state index contributed by atoms with van der Waals surface area (Å²) in [4.78, 5) is 3.26. The topological polar surface area (TPSA) is 27.6 Å². The van der Waals surface area contributed by atoms with Crippen LogP contribution < -0.4 is 5.43 Å². The predicted molar refractivity (Wildman–Crippen MR) is 28.7 cm³/mol. The number of nitrogens with one attached hydrogen (secondary N) is 1. The lowest BCUT2D eigenvalue weighted by Crippen LogP contribution is -2.45. The molecule has 0 bridgehead atoms. The lowest BCUT2D eigenvalue weighted by atomic mass is 10.8. The van der Waals surface area contributed by atoms with Crippen LogP contribution in [0.15, 0.2) is 17.4 Å². The third-order valence-electron chi connectivity index (χ3n) is 0.830. The van der Waals surface area contributed by atoms with E-state index in [2.05, 4.69) is 4.99 Å². The first-order chi connectivity index (χ1) is 4.61.